The number of nitrogens with zero attached hydrogens (tertiary/aromatic N) is 2. The van der Waals surface area contributed by atoms with E-state index in [9.17, 15) is 14.4 Å². The van der Waals surface area contributed by atoms with Gasteiger partial charge in [0, 0.05) is 54.7 Å². The molecule has 1 aliphatic rings. The molecule has 10 heteroatoms. The van der Waals surface area contributed by atoms with Crippen LogP contribution < -0.4 is 26.0 Å². The molecule has 0 saturated carbocycles. The molecule has 0 radical (unpaired) electrons. The Labute approximate surface area is 276 Å². The first-order valence-corrected chi connectivity index (χ1v) is 16.4. The average molecular weight is 637 g/mol. The highest BCUT2D eigenvalue weighted by Crippen LogP contribution is 2.29. The summed E-state index contributed by atoms with van der Waals surface area (Å²) in [6, 6.07) is 21.2. The molecule has 2 heterocycles. The third-order valence-corrected chi connectivity index (χ3v) is 8.41. The van der Waals surface area contributed by atoms with Gasteiger partial charge in [0.15, 0.2) is 0 Å². The van der Waals surface area contributed by atoms with Crippen molar-refractivity contribution < 1.29 is 19.1 Å². The highest BCUT2D eigenvalue weighted by Gasteiger charge is 2.16. The number of carbonyl (C=O) groups is 3. The molecule has 0 spiro atoms. The number of amides is 4. The third kappa shape index (κ3) is 9.01. The van der Waals surface area contributed by atoms with E-state index in [0.29, 0.717) is 28.4 Å². The first-order valence-electron chi connectivity index (χ1n) is 16.4. The Kier molecular flexibility index (Phi) is 11.3. The van der Waals surface area contributed by atoms with Gasteiger partial charge in [-0.2, -0.15) is 0 Å². The number of piperidine rings is 1. The number of anilines is 2. The highest BCUT2D eigenvalue weighted by atomic mass is 16.5. The lowest BCUT2D eigenvalue weighted by Crippen LogP contribution is -2.37. The maximum atomic E-state index is 13.0. The standard InChI is InChI=1S/C37H44N6O4/c1-4-28(5-2)40-37(46)41-30-13-18-34(33(23-30)36(45)38-3)47-32-16-11-29(12-17-32)39-35(44)27-9-14-31(15-10-27)43-22-19-26(25-43)24-42-20-7-6-8-21-42/h9-19,22-23,25,28H,4-8,20-21,24H2,1-3H3,(H,38,45)(H,39,44)(H2,40,41,46). The molecule has 1 fully saturated rings. The van der Waals surface area contributed by atoms with Crippen molar-refractivity contribution in [1.82, 2.24) is 20.1 Å². The van der Waals surface area contributed by atoms with Crippen molar-refractivity contribution in [3.63, 3.8) is 0 Å². The minimum Gasteiger partial charge on any atom is -0.457 e. The molecule has 1 aliphatic heterocycles. The number of carbonyl (C=O) groups excluding carboxylic acids is 3. The second-order valence-corrected chi connectivity index (χ2v) is 11.8. The normalized spacial score (nSPS) is 13.2. The number of hydrogen-bond acceptors (Lipinski definition) is 5. The van der Waals surface area contributed by atoms with Gasteiger partial charge in [0.25, 0.3) is 11.8 Å². The fourth-order valence-corrected chi connectivity index (χ4v) is 5.65. The molecular formula is C37H44N6O4. The number of rotatable bonds is 12. The van der Waals surface area contributed by atoms with Crippen LogP contribution in [0.25, 0.3) is 5.69 Å². The monoisotopic (exact) mass is 636 g/mol. The van der Waals surface area contributed by atoms with Crippen molar-refractivity contribution in [2.75, 3.05) is 30.8 Å². The molecule has 1 saturated heterocycles. The maximum absolute atomic E-state index is 13.0. The Bertz CT molecular complexity index is 1660. The summed E-state index contributed by atoms with van der Waals surface area (Å²) in [6.45, 7) is 7.32. The Balaban J connectivity index is 1.18. The fraction of sp³-hybridized carbons (Fsp3) is 0.324. The predicted octanol–water partition coefficient (Wildman–Crippen LogP) is 7.18. The Morgan fingerprint density at radius 2 is 1.51 bits per heavy atom. The summed E-state index contributed by atoms with van der Waals surface area (Å²) in [5, 5.41) is 11.2. The highest BCUT2D eigenvalue weighted by molar-refractivity contribution is 6.04. The van der Waals surface area contributed by atoms with Gasteiger partial charge in [-0.1, -0.05) is 20.3 Å². The minimum absolute atomic E-state index is 0.0715. The van der Waals surface area contributed by atoms with Crippen molar-refractivity contribution >= 4 is 29.2 Å². The van der Waals surface area contributed by atoms with Crippen LogP contribution in [0.5, 0.6) is 11.5 Å². The topological polar surface area (TPSA) is 117 Å². The molecule has 4 N–H and O–H groups in total. The van der Waals surface area contributed by atoms with Crippen LogP contribution in [0.2, 0.25) is 0 Å². The van der Waals surface area contributed by atoms with Crippen LogP contribution in [0.4, 0.5) is 16.2 Å². The first-order chi connectivity index (χ1) is 22.8. The SMILES string of the molecule is CCC(CC)NC(=O)Nc1ccc(Oc2ccc(NC(=O)c3ccc(-n4ccc(CN5CCCCC5)c4)cc3)cc2)c(C(=O)NC)c1. The molecule has 10 nitrogen and oxygen atoms in total. The molecule has 246 valence electrons. The second kappa shape index (κ2) is 16.0. The molecule has 47 heavy (non-hydrogen) atoms. The molecule has 4 aromatic rings. The molecule has 0 bridgehead atoms. The van der Waals surface area contributed by atoms with Crippen LogP contribution in [0, 0.1) is 0 Å². The summed E-state index contributed by atoms with van der Waals surface area (Å²) in [7, 11) is 1.53. The number of hydrogen-bond donors (Lipinski definition) is 4. The Morgan fingerprint density at radius 3 is 2.19 bits per heavy atom. The summed E-state index contributed by atoms with van der Waals surface area (Å²) in [6.07, 6.45) is 9.75. The zero-order valence-corrected chi connectivity index (χ0v) is 27.3. The lowest BCUT2D eigenvalue weighted by atomic mass is 10.1. The number of urea groups is 1. The van der Waals surface area contributed by atoms with Gasteiger partial charge in [0.2, 0.25) is 0 Å². The molecule has 4 amide bonds. The maximum Gasteiger partial charge on any atom is 0.319 e. The van der Waals surface area contributed by atoms with Gasteiger partial charge in [-0.3, -0.25) is 14.5 Å². The third-order valence-electron chi connectivity index (χ3n) is 8.41. The minimum atomic E-state index is -0.353. The van der Waals surface area contributed by atoms with E-state index in [1.54, 1.807) is 42.5 Å². The number of nitrogens with one attached hydrogen (secondary N) is 4. The Hall–Kier alpha value is -5.09. The van der Waals surface area contributed by atoms with Crippen molar-refractivity contribution in [2.45, 2.75) is 58.5 Å². The average Bonchev–Trinajstić information content (AvgIpc) is 3.57. The van der Waals surface area contributed by atoms with Crippen LogP contribution in [0.3, 0.4) is 0 Å². The Morgan fingerprint density at radius 1 is 0.809 bits per heavy atom. The van der Waals surface area contributed by atoms with Gasteiger partial charge < -0.3 is 30.6 Å². The van der Waals surface area contributed by atoms with Gasteiger partial charge in [0.1, 0.15) is 11.5 Å². The number of aromatic nitrogens is 1. The van der Waals surface area contributed by atoms with E-state index in [2.05, 4.69) is 49.2 Å². The summed E-state index contributed by atoms with van der Waals surface area (Å²) in [4.78, 5) is 40.6. The lowest BCUT2D eigenvalue weighted by Gasteiger charge is -2.25. The predicted molar refractivity (Wildman–Crippen MR) is 186 cm³/mol. The van der Waals surface area contributed by atoms with Crippen LogP contribution >= 0.6 is 0 Å². The lowest BCUT2D eigenvalue weighted by molar-refractivity contribution is 0.0959. The smallest absolute Gasteiger partial charge is 0.319 e. The number of likely N-dealkylation sites (tertiary alicyclic amines) is 1. The molecule has 3 aromatic carbocycles. The molecule has 0 aliphatic carbocycles. The van der Waals surface area contributed by atoms with Crippen LogP contribution in [-0.4, -0.2) is 53.5 Å². The largest absolute Gasteiger partial charge is 0.457 e. The zero-order valence-electron chi connectivity index (χ0n) is 27.3. The van der Waals surface area contributed by atoms with E-state index < -0.39 is 0 Å². The molecule has 1 aromatic heterocycles. The van der Waals surface area contributed by atoms with Crippen molar-refractivity contribution in [3.8, 4) is 17.2 Å². The number of ether oxygens (including phenoxy) is 1. The fourth-order valence-electron chi connectivity index (χ4n) is 5.65. The molecule has 0 atom stereocenters. The van der Waals surface area contributed by atoms with Crippen molar-refractivity contribution in [1.29, 1.82) is 0 Å². The van der Waals surface area contributed by atoms with Crippen LogP contribution in [0.1, 0.15) is 72.2 Å². The van der Waals surface area contributed by atoms with E-state index in [-0.39, 0.29) is 29.5 Å². The van der Waals surface area contributed by atoms with E-state index in [1.807, 2.05) is 38.1 Å². The van der Waals surface area contributed by atoms with Gasteiger partial charge in [-0.05, 0) is 117 Å². The zero-order chi connectivity index (χ0) is 33.2. The van der Waals surface area contributed by atoms with Gasteiger partial charge in [0.05, 0.1) is 5.56 Å². The molecule has 0 unspecified atom stereocenters. The molecular weight excluding hydrogens is 592 g/mol. The van der Waals surface area contributed by atoms with Gasteiger partial charge in [-0.15, -0.1) is 0 Å². The summed E-state index contributed by atoms with van der Waals surface area (Å²) in [5.41, 5.74) is 4.18. The van der Waals surface area contributed by atoms with Crippen LogP contribution in [-0.2, 0) is 6.54 Å². The molecule has 5 rings (SSSR count). The van der Waals surface area contributed by atoms with Crippen molar-refractivity contribution in [3.05, 3.63) is 102 Å². The quantitative estimate of drug-likeness (QED) is 0.132. The van der Waals surface area contributed by atoms with Crippen molar-refractivity contribution in [2.24, 2.45) is 0 Å². The van der Waals surface area contributed by atoms with Gasteiger partial charge in [-0.25, -0.2) is 4.79 Å². The second-order valence-electron chi connectivity index (χ2n) is 11.8. The van der Waals surface area contributed by atoms with E-state index >= 15 is 0 Å². The first kappa shape index (κ1) is 33.3. The van der Waals surface area contributed by atoms with Gasteiger partial charge >= 0.3 is 6.03 Å². The van der Waals surface area contributed by atoms with E-state index in [1.165, 1.54) is 31.9 Å². The number of benzene rings is 3. The van der Waals surface area contributed by atoms with E-state index in [0.717, 1.165) is 38.2 Å². The summed E-state index contributed by atoms with van der Waals surface area (Å²) >= 11 is 0. The summed E-state index contributed by atoms with van der Waals surface area (Å²) in [5.74, 6) is 0.236. The van der Waals surface area contributed by atoms with E-state index in [4.69, 9.17) is 4.74 Å². The summed E-state index contributed by atoms with van der Waals surface area (Å²) < 4.78 is 8.12. The van der Waals surface area contributed by atoms with Crippen LogP contribution in [0.15, 0.2) is 85.2 Å².